The molecule has 0 heterocycles. The van der Waals surface area contributed by atoms with Gasteiger partial charge in [-0.1, -0.05) is 12.1 Å². The van der Waals surface area contributed by atoms with Gasteiger partial charge in [-0.15, -0.1) is 5.10 Å². The van der Waals surface area contributed by atoms with Gasteiger partial charge in [-0.25, -0.2) is 5.01 Å². The van der Waals surface area contributed by atoms with Gasteiger partial charge in [0.15, 0.2) is 0 Å². The van der Waals surface area contributed by atoms with Crippen molar-refractivity contribution < 1.29 is 0 Å². The molecule has 0 N–H and O–H groups in total. The summed E-state index contributed by atoms with van der Waals surface area (Å²) in [5, 5.41) is 40.0. The minimum Gasteiger partial charge on any atom is -0.237 e. The van der Waals surface area contributed by atoms with Gasteiger partial charge in [0.05, 0.1) is 11.9 Å². The first-order chi connectivity index (χ1) is 9.64. The average molecular weight is 260 g/mol. The number of hydrogen-bond donors (Lipinski definition) is 0. The summed E-state index contributed by atoms with van der Waals surface area (Å²) in [5.41, 5.74) is 0.904. The van der Waals surface area contributed by atoms with Crippen molar-refractivity contribution >= 4 is 11.4 Å². The van der Waals surface area contributed by atoms with Crippen LogP contribution in [0.2, 0.25) is 0 Å². The van der Waals surface area contributed by atoms with E-state index in [2.05, 4.69) is 5.10 Å². The molecule has 0 amide bonds. The quantitative estimate of drug-likeness (QED) is 0.469. The van der Waals surface area contributed by atoms with E-state index in [0.29, 0.717) is 5.69 Å². The molecule has 0 unspecified atom stereocenters. The summed E-state index contributed by atoms with van der Waals surface area (Å²) in [6, 6.07) is 13.7. The van der Waals surface area contributed by atoms with Gasteiger partial charge in [0.25, 0.3) is 0 Å². The van der Waals surface area contributed by atoms with Crippen LogP contribution in [0.1, 0.15) is 5.56 Å². The lowest BCUT2D eigenvalue weighted by Gasteiger charge is -2.14. The van der Waals surface area contributed by atoms with Gasteiger partial charge in [-0.05, 0) is 24.6 Å². The maximum Gasteiger partial charge on any atom is 0.237 e. The molecule has 0 saturated heterocycles. The van der Waals surface area contributed by atoms with E-state index in [1.807, 2.05) is 13.0 Å². The van der Waals surface area contributed by atoms with Crippen molar-refractivity contribution in [3.63, 3.8) is 0 Å². The van der Waals surface area contributed by atoms with Crippen molar-refractivity contribution in [3.05, 3.63) is 41.6 Å². The Morgan fingerprint density at radius 1 is 1.10 bits per heavy atom. The molecule has 0 saturated carbocycles. The highest BCUT2D eigenvalue weighted by Gasteiger charge is 2.07. The van der Waals surface area contributed by atoms with E-state index in [0.717, 1.165) is 10.6 Å². The molecule has 0 aliphatic heterocycles. The van der Waals surface area contributed by atoms with Gasteiger partial charge >= 0.3 is 0 Å². The molecule has 1 aromatic carbocycles. The molecule has 0 aliphatic carbocycles. The predicted octanol–water partition coefficient (Wildman–Crippen LogP) is 2.14. The van der Waals surface area contributed by atoms with Gasteiger partial charge in [0, 0.05) is 0 Å². The molecule has 6 heteroatoms. The van der Waals surface area contributed by atoms with E-state index in [1.165, 1.54) is 6.20 Å². The van der Waals surface area contributed by atoms with E-state index in [1.54, 1.807) is 42.5 Å². The number of aryl methyl sites for hydroxylation is 1. The topological polar surface area (TPSA) is 111 Å². The SMILES string of the molecule is Cc1cccc(N(C=C(C#N)C#N)N=C(C#N)C#N)c1. The molecule has 20 heavy (non-hydrogen) atoms. The Bertz CT molecular complexity index is 657. The van der Waals surface area contributed by atoms with Crippen LogP contribution in [-0.2, 0) is 0 Å². The Kier molecular flexibility index (Phi) is 5.03. The van der Waals surface area contributed by atoms with Crippen LogP contribution >= 0.6 is 0 Å². The van der Waals surface area contributed by atoms with Gasteiger partial charge in [0.1, 0.15) is 29.8 Å². The van der Waals surface area contributed by atoms with Crippen LogP contribution in [0.15, 0.2) is 41.1 Å². The number of hydrogen-bond acceptors (Lipinski definition) is 6. The van der Waals surface area contributed by atoms with E-state index in [9.17, 15) is 0 Å². The van der Waals surface area contributed by atoms with E-state index in [4.69, 9.17) is 21.0 Å². The minimum atomic E-state index is -0.377. The Hall–Kier alpha value is -3.61. The molecule has 1 rings (SSSR count). The van der Waals surface area contributed by atoms with Crippen LogP contribution in [0.5, 0.6) is 0 Å². The number of rotatable bonds is 3. The predicted molar refractivity (Wildman–Crippen MR) is 71.6 cm³/mol. The van der Waals surface area contributed by atoms with Crippen molar-refractivity contribution in [1.82, 2.24) is 0 Å². The second-order valence-corrected chi connectivity index (χ2v) is 3.62. The molecule has 6 nitrogen and oxygen atoms in total. The second-order valence-electron chi connectivity index (χ2n) is 3.62. The highest BCUT2D eigenvalue weighted by molar-refractivity contribution is 6.10. The Morgan fingerprint density at radius 3 is 2.25 bits per heavy atom. The number of nitriles is 4. The summed E-state index contributed by atoms with van der Waals surface area (Å²) in [6.45, 7) is 1.86. The Labute approximate surface area is 116 Å². The first-order valence-corrected chi connectivity index (χ1v) is 5.41. The van der Waals surface area contributed by atoms with Gasteiger partial charge in [-0.2, -0.15) is 21.0 Å². The summed E-state index contributed by atoms with van der Waals surface area (Å²) in [5.74, 6) is 0. The third kappa shape index (κ3) is 3.70. The van der Waals surface area contributed by atoms with Crippen LogP contribution in [0.4, 0.5) is 5.69 Å². The fraction of sp³-hybridized carbons (Fsp3) is 0.0714. The van der Waals surface area contributed by atoms with Gasteiger partial charge in [-0.3, -0.25) is 0 Å². The highest BCUT2D eigenvalue weighted by Crippen LogP contribution is 2.18. The Morgan fingerprint density at radius 2 is 1.75 bits per heavy atom. The normalized spacial score (nSPS) is 8.05. The molecule has 0 radical (unpaired) electrons. The third-order valence-electron chi connectivity index (χ3n) is 2.18. The fourth-order valence-corrected chi connectivity index (χ4v) is 1.31. The minimum absolute atomic E-state index is 0.189. The molecule has 0 bridgehead atoms. The summed E-state index contributed by atoms with van der Waals surface area (Å²) in [4.78, 5) is 0. The maximum absolute atomic E-state index is 8.78. The molecule has 0 atom stereocenters. The van der Waals surface area contributed by atoms with Gasteiger partial charge in [0.2, 0.25) is 5.71 Å². The summed E-state index contributed by atoms with van der Waals surface area (Å²) >= 11 is 0. The first-order valence-electron chi connectivity index (χ1n) is 5.41. The summed E-state index contributed by atoms with van der Waals surface area (Å²) < 4.78 is 0. The highest BCUT2D eigenvalue weighted by atomic mass is 15.4. The zero-order chi connectivity index (χ0) is 15.0. The van der Waals surface area contributed by atoms with Gasteiger partial charge < -0.3 is 0 Å². The molecule has 0 fully saturated rings. The largest absolute Gasteiger partial charge is 0.237 e. The number of hydrazone groups is 1. The number of anilines is 1. The lowest BCUT2D eigenvalue weighted by molar-refractivity contribution is 1.07. The summed E-state index contributed by atoms with van der Waals surface area (Å²) in [6.07, 6.45) is 1.17. The third-order valence-corrected chi connectivity index (χ3v) is 2.18. The molecular weight excluding hydrogens is 252 g/mol. The monoisotopic (exact) mass is 260 g/mol. The lowest BCUT2D eigenvalue weighted by atomic mass is 10.2. The molecule has 0 aliphatic rings. The van der Waals surface area contributed by atoms with Crippen LogP contribution in [0.3, 0.4) is 0 Å². The number of nitrogens with zero attached hydrogens (tertiary/aromatic N) is 6. The van der Waals surface area contributed by atoms with E-state index < -0.39 is 0 Å². The first kappa shape index (κ1) is 14.5. The maximum atomic E-state index is 8.78. The van der Waals surface area contributed by atoms with Crippen molar-refractivity contribution in [3.8, 4) is 24.3 Å². The van der Waals surface area contributed by atoms with Crippen LogP contribution in [0, 0.1) is 52.2 Å². The molecule has 0 spiro atoms. The number of benzene rings is 1. The van der Waals surface area contributed by atoms with Crippen LogP contribution in [-0.4, -0.2) is 5.71 Å². The van der Waals surface area contributed by atoms with Crippen molar-refractivity contribution in [2.24, 2.45) is 5.10 Å². The molecular formula is C14H8N6. The summed E-state index contributed by atoms with van der Waals surface area (Å²) in [7, 11) is 0. The lowest BCUT2D eigenvalue weighted by Crippen LogP contribution is -2.11. The van der Waals surface area contributed by atoms with Crippen molar-refractivity contribution in [2.75, 3.05) is 5.01 Å². The smallest absolute Gasteiger partial charge is 0.237 e. The van der Waals surface area contributed by atoms with E-state index >= 15 is 0 Å². The van der Waals surface area contributed by atoms with Crippen LogP contribution < -0.4 is 5.01 Å². The standard InChI is InChI=1S/C14H8N6/c1-11-3-2-4-14(5-11)20(10-12(6-15)7-16)19-13(8-17)9-18/h2-5,10H,1H3. The van der Waals surface area contributed by atoms with E-state index in [-0.39, 0.29) is 11.3 Å². The zero-order valence-corrected chi connectivity index (χ0v) is 10.6. The molecule has 0 aromatic heterocycles. The Balaban J connectivity index is 3.38. The molecule has 1 aromatic rings. The van der Waals surface area contributed by atoms with Crippen molar-refractivity contribution in [1.29, 1.82) is 21.0 Å². The van der Waals surface area contributed by atoms with Crippen molar-refractivity contribution in [2.45, 2.75) is 6.92 Å². The second kappa shape index (κ2) is 6.97. The number of allylic oxidation sites excluding steroid dienone is 1. The van der Waals surface area contributed by atoms with Crippen LogP contribution in [0.25, 0.3) is 0 Å². The zero-order valence-electron chi connectivity index (χ0n) is 10.6. The average Bonchev–Trinajstić information content (AvgIpc) is 2.48. The fourth-order valence-electron chi connectivity index (χ4n) is 1.31. The molecule has 94 valence electrons.